The number of carbonyl (C=O) groups is 2. The lowest BCUT2D eigenvalue weighted by molar-refractivity contribution is 0.00774. The van der Waals surface area contributed by atoms with E-state index in [2.05, 4.69) is 20.8 Å². The maximum absolute atomic E-state index is 12.5. The predicted octanol–water partition coefficient (Wildman–Crippen LogP) is 2.47. The van der Waals surface area contributed by atoms with Gasteiger partial charge in [-0.2, -0.15) is 0 Å². The van der Waals surface area contributed by atoms with Crippen LogP contribution in [0.2, 0.25) is 0 Å². The first-order valence-electron chi connectivity index (χ1n) is 11.0. The number of rotatable bonds is 6. The minimum Gasteiger partial charge on any atom is -0.462 e. The first-order chi connectivity index (χ1) is 16.6. The van der Waals surface area contributed by atoms with Crippen molar-refractivity contribution in [3.63, 3.8) is 0 Å². The molecule has 2 aliphatic heterocycles. The van der Waals surface area contributed by atoms with Crippen molar-refractivity contribution in [2.45, 2.75) is 31.3 Å². The summed E-state index contributed by atoms with van der Waals surface area (Å²) in [6.45, 7) is 2.50. The standard InChI is InChI=1S/C23H23N5O6/c1-2-31-22(29)15-9-6-10-16(11-15)24-23(30)34-18-13-33-19-17(12-32-20(18)19)28-21(25-26-27-28)14-7-4-3-5-8-14/h3-11,17-20H,2,12-13H2,1H3,(H,24,30)/t17-,18-,19-,20+/m0/s1. The Morgan fingerprint density at radius 2 is 1.91 bits per heavy atom. The van der Waals surface area contributed by atoms with E-state index >= 15 is 0 Å². The summed E-state index contributed by atoms with van der Waals surface area (Å²) >= 11 is 0. The molecule has 1 N–H and O–H groups in total. The van der Waals surface area contributed by atoms with E-state index in [1.54, 1.807) is 29.8 Å². The number of tetrazole rings is 1. The van der Waals surface area contributed by atoms with Crippen molar-refractivity contribution >= 4 is 17.7 Å². The number of nitrogens with zero attached hydrogens (tertiary/aromatic N) is 4. The van der Waals surface area contributed by atoms with Crippen LogP contribution in [0.15, 0.2) is 54.6 Å². The molecule has 4 atom stereocenters. The Balaban J connectivity index is 1.23. The predicted molar refractivity (Wildman–Crippen MR) is 118 cm³/mol. The zero-order chi connectivity index (χ0) is 23.5. The number of hydrogen-bond acceptors (Lipinski definition) is 9. The van der Waals surface area contributed by atoms with Crippen LogP contribution in [0.5, 0.6) is 0 Å². The van der Waals surface area contributed by atoms with Crippen LogP contribution in [0.4, 0.5) is 10.5 Å². The Kier molecular flexibility index (Phi) is 6.19. The molecule has 0 bridgehead atoms. The van der Waals surface area contributed by atoms with Crippen molar-refractivity contribution in [2.24, 2.45) is 0 Å². The van der Waals surface area contributed by atoms with Crippen LogP contribution in [0.3, 0.4) is 0 Å². The smallest absolute Gasteiger partial charge is 0.412 e. The lowest BCUT2D eigenvalue weighted by atomic mass is 10.1. The summed E-state index contributed by atoms with van der Waals surface area (Å²) in [6, 6.07) is 15.8. The molecule has 0 unspecified atom stereocenters. The number of carbonyl (C=O) groups excluding carboxylic acids is 2. The molecule has 0 aliphatic carbocycles. The Bertz CT molecular complexity index is 1170. The van der Waals surface area contributed by atoms with Gasteiger partial charge in [-0.15, -0.1) is 5.10 Å². The Labute approximate surface area is 194 Å². The largest absolute Gasteiger partial charge is 0.462 e. The van der Waals surface area contributed by atoms with Gasteiger partial charge < -0.3 is 18.9 Å². The second-order valence-corrected chi connectivity index (χ2v) is 7.85. The molecule has 1 aromatic heterocycles. The lowest BCUT2D eigenvalue weighted by Crippen LogP contribution is -2.35. The minimum absolute atomic E-state index is 0.185. The van der Waals surface area contributed by atoms with Gasteiger partial charge in [-0.3, -0.25) is 5.32 Å². The van der Waals surface area contributed by atoms with E-state index in [4.69, 9.17) is 18.9 Å². The van der Waals surface area contributed by atoms with Crippen LogP contribution in [0.25, 0.3) is 11.4 Å². The molecule has 2 saturated heterocycles. The molecular weight excluding hydrogens is 442 g/mol. The molecule has 176 valence electrons. The van der Waals surface area contributed by atoms with E-state index in [0.717, 1.165) is 5.56 Å². The van der Waals surface area contributed by atoms with Crippen LogP contribution in [0, 0.1) is 0 Å². The molecular formula is C23H23N5O6. The van der Waals surface area contributed by atoms with Gasteiger partial charge in [0.15, 0.2) is 11.9 Å². The van der Waals surface area contributed by atoms with Crippen LogP contribution in [-0.2, 0) is 18.9 Å². The minimum atomic E-state index is -0.672. The van der Waals surface area contributed by atoms with Crippen LogP contribution >= 0.6 is 0 Å². The van der Waals surface area contributed by atoms with Gasteiger partial charge in [0.2, 0.25) is 0 Å². The molecule has 11 heteroatoms. The van der Waals surface area contributed by atoms with Crippen molar-refractivity contribution in [3.05, 3.63) is 60.2 Å². The number of aromatic nitrogens is 4. The van der Waals surface area contributed by atoms with E-state index in [0.29, 0.717) is 23.7 Å². The monoisotopic (exact) mass is 465 g/mol. The van der Waals surface area contributed by atoms with Crippen molar-refractivity contribution < 1.29 is 28.5 Å². The Hall–Kier alpha value is -3.83. The molecule has 3 heterocycles. The summed E-state index contributed by atoms with van der Waals surface area (Å²) in [4.78, 5) is 24.4. The normalized spacial score (nSPS) is 23.3. The summed E-state index contributed by atoms with van der Waals surface area (Å²) < 4.78 is 24.1. The summed E-state index contributed by atoms with van der Waals surface area (Å²) in [7, 11) is 0. The molecule has 0 saturated carbocycles. The molecule has 5 rings (SSSR count). The highest BCUT2D eigenvalue weighted by Crippen LogP contribution is 2.36. The van der Waals surface area contributed by atoms with Gasteiger partial charge in [-0.1, -0.05) is 36.4 Å². The summed E-state index contributed by atoms with van der Waals surface area (Å²) in [5.74, 6) is 0.150. The summed E-state index contributed by atoms with van der Waals surface area (Å²) in [5.41, 5.74) is 1.63. The van der Waals surface area contributed by atoms with E-state index in [9.17, 15) is 9.59 Å². The maximum Gasteiger partial charge on any atom is 0.412 e. The highest BCUT2D eigenvalue weighted by molar-refractivity contribution is 5.92. The van der Waals surface area contributed by atoms with Crippen molar-refractivity contribution in [3.8, 4) is 11.4 Å². The van der Waals surface area contributed by atoms with Gasteiger partial charge >= 0.3 is 12.1 Å². The third-order valence-corrected chi connectivity index (χ3v) is 5.70. The summed E-state index contributed by atoms with van der Waals surface area (Å²) in [6.07, 6.45) is -2.08. The number of anilines is 1. The molecule has 0 spiro atoms. The highest BCUT2D eigenvalue weighted by Gasteiger charge is 2.51. The van der Waals surface area contributed by atoms with Gasteiger partial charge in [0.25, 0.3) is 0 Å². The molecule has 0 radical (unpaired) electrons. The first kappa shape index (κ1) is 22.0. The zero-order valence-electron chi connectivity index (χ0n) is 18.4. The van der Waals surface area contributed by atoms with Gasteiger partial charge in [0, 0.05) is 11.3 Å². The zero-order valence-corrected chi connectivity index (χ0v) is 18.4. The SMILES string of the molecule is CCOC(=O)c1cccc(NC(=O)O[C@H]2CO[C@@H]3[C@@H]2OC[C@@H]3n2nnnc2-c2ccccc2)c1. The average Bonchev–Trinajstić information content (AvgIpc) is 3.57. The number of amides is 1. The fraction of sp³-hybridized carbons (Fsp3) is 0.348. The maximum atomic E-state index is 12.5. The molecule has 2 aliphatic rings. The second kappa shape index (κ2) is 9.57. The van der Waals surface area contributed by atoms with Crippen LogP contribution in [0.1, 0.15) is 23.3 Å². The molecule has 1 amide bonds. The molecule has 2 aromatic carbocycles. The fourth-order valence-corrected chi connectivity index (χ4v) is 4.17. The fourth-order valence-electron chi connectivity index (χ4n) is 4.17. The van der Waals surface area contributed by atoms with Crippen molar-refractivity contribution in [1.29, 1.82) is 0 Å². The van der Waals surface area contributed by atoms with Gasteiger partial charge in [0.05, 0.1) is 25.4 Å². The molecule has 2 fully saturated rings. The van der Waals surface area contributed by atoms with E-state index in [-0.39, 0.29) is 25.4 Å². The van der Waals surface area contributed by atoms with Crippen LogP contribution < -0.4 is 5.32 Å². The second-order valence-electron chi connectivity index (χ2n) is 7.85. The topological polar surface area (TPSA) is 127 Å². The van der Waals surface area contributed by atoms with E-state index in [1.807, 2.05) is 30.3 Å². The molecule has 11 nitrogen and oxygen atoms in total. The molecule has 34 heavy (non-hydrogen) atoms. The quantitative estimate of drug-likeness (QED) is 0.546. The van der Waals surface area contributed by atoms with Crippen LogP contribution in [-0.4, -0.2) is 70.4 Å². The number of ether oxygens (including phenoxy) is 4. The summed E-state index contributed by atoms with van der Waals surface area (Å²) in [5, 5.41) is 14.8. The average molecular weight is 465 g/mol. The number of benzene rings is 2. The number of fused-ring (bicyclic) bond motifs is 1. The van der Waals surface area contributed by atoms with Gasteiger partial charge in [-0.25, -0.2) is 14.3 Å². The third-order valence-electron chi connectivity index (χ3n) is 5.70. The first-order valence-corrected chi connectivity index (χ1v) is 11.0. The number of nitrogens with one attached hydrogen (secondary N) is 1. The van der Waals surface area contributed by atoms with Gasteiger partial charge in [-0.05, 0) is 35.5 Å². The third kappa shape index (κ3) is 4.35. The lowest BCUT2D eigenvalue weighted by Gasteiger charge is -2.18. The van der Waals surface area contributed by atoms with Crippen molar-refractivity contribution in [2.75, 3.05) is 25.1 Å². The van der Waals surface area contributed by atoms with E-state index < -0.39 is 24.3 Å². The Morgan fingerprint density at radius 3 is 2.74 bits per heavy atom. The Morgan fingerprint density at radius 1 is 1.09 bits per heavy atom. The van der Waals surface area contributed by atoms with Gasteiger partial charge in [0.1, 0.15) is 18.2 Å². The van der Waals surface area contributed by atoms with E-state index in [1.165, 1.54) is 6.07 Å². The number of hydrogen-bond donors (Lipinski definition) is 1. The number of esters is 1. The highest BCUT2D eigenvalue weighted by atomic mass is 16.6. The molecule has 3 aromatic rings. The van der Waals surface area contributed by atoms with Crippen molar-refractivity contribution in [1.82, 2.24) is 20.2 Å².